The van der Waals surface area contributed by atoms with E-state index in [0.29, 0.717) is 40.6 Å². The smallest absolute Gasteiger partial charge is 0.264 e. The van der Waals surface area contributed by atoms with Gasteiger partial charge in [0.2, 0.25) is 5.91 Å². The van der Waals surface area contributed by atoms with E-state index in [0.717, 1.165) is 37.7 Å². The second kappa shape index (κ2) is 7.34. The van der Waals surface area contributed by atoms with Gasteiger partial charge in [-0.2, -0.15) is 0 Å². The third-order valence-electron chi connectivity index (χ3n) is 8.27. The second-order valence-corrected chi connectivity index (χ2v) is 12.4. The second-order valence-electron chi connectivity index (χ2n) is 10.5. The zero-order valence-corrected chi connectivity index (χ0v) is 19.1. The van der Waals surface area contributed by atoms with Crippen LogP contribution >= 0.6 is 0 Å². The largest absolute Gasteiger partial charge is 0.326 e. The van der Waals surface area contributed by atoms with Gasteiger partial charge >= 0.3 is 0 Å². The van der Waals surface area contributed by atoms with Crippen LogP contribution in [0.15, 0.2) is 53.4 Å². The minimum absolute atomic E-state index is 0.143. The van der Waals surface area contributed by atoms with E-state index >= 15 is 0 Å². The highest BCUT2D eigenvalue weighted by atomic mass is 32.2. The first kappa shape index (κ1) is 20.3. The average Bonchev–Trinajstić information content (AvgIpc) is 2.78. The molecule has 2 aromatic rings. The van der Waals surface area contributed by atoms with Gasteiger partial charge in [-0.05, 0) is 98.9 Å². The molecule has 0 unspecified atom stereocenters. The Morgan fingerprint density at radius 2 is 1.59 bits per heavy atom. The van der Waals surface area contributed by atoms with Crippen LogP contribution in [0.3, 0.4) is 0 Å². The van der Waals surface area contributed by atoms with Gasteiger partial charge in [0, 0.05) is 12.2 Å². The molecule has 4 saturated carbocycles. The summed E-state index contributed by atoms with van der Waals surface area (Å²) in [5.74, 6) is 2.27. The number of carbonyl (C=O) groups excluding carboxylic acids is 1. The number of nitrogens with zero attached hydrogens (tertiary/aromatic N) is 1. The minimum atomic E-state index is -3.64. The predicted octanol–water partition coefficient (Wildman–Crippen LogP) is 4.98. The molecule has 5 aliphatic rings. The maximum absolute atomic E-state index is 13.5. The molecule has 6 heteroatoms. The molecule has 0 atom stereocenters. The summed E-state index contributed by atoms with van der Waals surface area (Å²) in [6, 6.07) is 14.4. The summed E-state index contributed by atoms with van der Waals surface area (Å²) < 4.78 is 28.2. The van der Waals surface area contributed by atoms with Gasteiger partial charge in [-0.3, -0.25) is 9.10 Å². The Morgan fingerprint density at radius 1 is 0.938 bits per heavy atom. The van der Waals surface area contributed by atoms with Gasteiger partial charge in [0.05, 0.1) is 16.0 Å². The van der Waals surface area contributed by atoms with Crippen molar-refractivity contribution in [3.05, 3.63) is 54.1 Å². The van der Waals surface area contributed by atoms with Gasteiger partial charge in [-0.1, -0.05) is 24.3 Å². The number of nitrogens with one attached hydrogen (secondary N) is 1. The first-order valence-electron chi connectivity index (χ1n) is 12.0. The number of hydrogen-bond acceptors (Lipinski definition) is 3. The fraction of sp³-hybridized carbons (Fsp3) is 0.500. The molecule has 0 aromatic heterocycles. The Bertz CT molecular complexity index is 1120. The Hall–Kier alpha value is -2.34. The summed E-state index contributed by atoms with van der Waals surface area (Å²) >= 11 is 0. The first-order valence-corrected chi connectivity index (χ1v) is 13.4. The minimum Gasteiger partial charge on any atom is -0.326 e. The monoisotopic (exact) mass is 450 g/mol. The molecule has 4 fully saturated rings. The van der Waals surface area contributed by atoms with Crippen molar-refractivity contribution in [2.75, 3.05) is 16.2 Å². The van der Waals surface area contributed by atoms with Crippen LogP contribution in [-0.2, 0) is 21.2 Å². The number of anilines is 2. The van der Waals surface area contributed by atoms with Crippen molar-refractivity contribution in [1.29, 1.82) is 0 Å². The molecular weight excluding hydrogens is 420 g/mol. The van der Waals surface area contributed by atoms with E-state index in [1.807, 2.05) is 24.3 Å². The lowest BCUT2D eigenvalue weighted by molar-refractivity contribution is -0.140. The quantitative estimate of drug-likeness (QED) is 0.714. The van der Waals surface area contributed by atoms with Crippen molar-refractivity contribution in [3.8, 4) is 0 Å². The van der Waals surface area contributed by atoms with Gasteiger partial charge in [0.1, 0.15) is 0 Å². The number of benzene rings is 2. The summed E-state index contributed by atoms with van der Waals surface area (Å²) in [6.45, 7) is 0.455. The average molecular weight is 451 g/mol. The van der Waals surface area contributed by atoms with Crippen LogP contribution in [0.1, 0.15) is 50.5 Å². The van der Waals surface area contributed by atoms with Gasteiger partial charge in [-0.15, -0.1) is 0 Å². The fourth-order valence-corrected chi connectivity index (χ4v) is 8.79. The van der Waals surface area contributed by atoms with Crippen LogP contribution in [0.5, 0.6) is 0 Å². The zero-order valence-electron chi connectivity index (χ0n) is 18.3. The topological polar surface area (TPSA) is 66.5 Å². The molecule has 4 bridgehead atoms. The molecule has 1 heterocycles. The highest BCUT2D eigenvalue weighted by Crippen LogP contribution is 2.60. The normalized spacial score (nSPS) is 30.8. The highest BCUT2D eigenvalue weighted by molar-refractivity contribution is 7.92. The number of fused-ring (bicyclic) bond motifs is 1. The molecule has 1 aliphatic heterocycles. The van der Waals surface area contributed by atoms with E-state index in [4.69, 9.17) is 0 Å². The summed E-state index contributed by atoms with van der Waals surface area (Å²) in [4.78, 5) is 13.8. The third-order valence-corrected chi connectivity index (χ3v) is 10.1. The molecule has 1 amide bonds. The summed E-state index contributed by atoms with van der Waals surface area (Å²) in [5, 5.41) is 3.20. The molecule has 1 N–H and O–H groups in total. The first-order chi connectivity index (χ1) is 15.4. The summed E-state index contributed by atoms with van der Waals surface area (Å²) in [7, 11) is -3.64. The Kier molecular flexibility index (Phi) is 4.65. The van der Waals surface area contributed by atoms with Crippen molar-refractivity contribution in [1.82, 2.24) is 0 Å². The number of aryl methyl sites for hydroxylation is 1. The number of amides is 1. The molecule has 32 heavy (non-hydrogen) atoms. The van der Waals surface area contributed by atoms with Crippen molar-refractivity contribution in [3.63, 3.8) is 0 Å². The molecule has 7 rings (SSSR count). The zero-order chi connectivity index (χ0) is 21.9. The highest BCUT2D eigenvalue weighted by Gasteiger charge is 2.54. The number of hydrogen-bond donors (Lipinski definition) is 1. The maximum Gasteiger partial charge on any atom is 0.264 e. The van der Waals surface area contributed by atoms with E-state index in [-0.39, 0.29) is 11.3 Å². The molecule has 2 aromatic carbocycles. The van der Waals surface area contributed by atoms with Crippen molar-refractivity contribution >= 4 is 27.3 Å². The molecule has 0 saturated heterocycles. The Morgan fingerprint density at radius 3 is 2.25 bits per heavy atom. The van der Waals surface area contributed by atoms with Crippen LogP contribution in [0.25, 0.3) is 0 Å². The lowest BCUT2D eigenvalue weighted by atomic mass is 9.49. The van der Waals surface area contributed by atoms with Crippen molar-refractivity contribution in [2.24, 2.45) is 23.2 Å². The van der Waals surface area contributed by atoms with Crippen LogP contribution in [0, 0.1) is 23.2 Å². The summed E-state index contributed by atoms with van der Waals surface area (Å²) in [5.41, 5.74) is 2.20. The van der Waals surface area contributed by atoms with E-state index in [9.17, 15) is 13.2 Å². The molecule has 4 aliphatic carbocycles. The molecule has 5 nitrogen and oxygen atoms in total. The lowest BCUT2D eigenvalue weighted by Crippen LogP contribution is -2.51. The summed E-state index contributed by atoms with van der Waals surface area (Å²) in [6.07, 6.45) is 8.60. The van der Waals surface area contributed by atoms with E-state index in [1.54, 1.807) is 24.3 Å². The fourth-order valence-electron chi connectivity index (χ4n) is 7.24. The van der Waals surface area contributed by atoms with E-state index < -0.39 is 10.0 Å². The third kappa shape index (κ3) is 3.26. The number of carbonyl (C=O) groups is 1. The van der Waals surface area contributed by atoms with E-state index in [2.05, 4.69) is 5.32 Å². The van der Waals surface area contributed by atoms with Crippen LogP contribution < -0.4 is 9.62 Å². The number of rotatable bonds is 4. The van der Waals surface area contributed by atoms with Gasteiger partial charge in [-0.25, -0.2) is 8.42 Å². The molecule has 0 spiro atoms. The number of sulfonamides is 1. The van der Waals surface area contributed by atoms with Crippen LogP contribution in [0.2, 0.25) is 0 Å². The van der Waals surface area contributed by atoms with Crippen molar-refractivity contribution in [2.45, 2.75) is 56.3 Å². The van der Waals surface area contributed by atoms with Crippen molar-refractivity contribution < 1.29 is 13.2 Å². The Balaban J connectivity index is 1.29. The van der Waals surface area contributed by atoms with Crippen LogP contribution in [-0.4, -0.2) is 20.9 Å². The lowest BCUT2D eigenvalue weighted by Gasteiger charge is -2.55. The van der Waals surface area contributed by atoms with Gasteiger partial charge in [0.15, 0.2) is 0 Å². The Labute approximate surface area is 190 Å². The van der Waals surface area contributed by atoms with Crippen LogP contribution in [0.4, 0.5) is 11.4 Å². The SMILES string of the molecule is O=C(Nc1ccc2c(c1)N(S(=O)(=O)c1ccccc1)CCC2)C12CC3CC(CC(C3)C1)C2. The standard InChI is InChI=1S/C26H30N2O3S/c29-25(26-15-18-11-19(16-26)13-20(12-18)17-26)27-22-9-8-21-5-4-10-28(24(21)14-22)32(30,31)23-6-2-1-3-7-23/h1-3,6-9,14,18-20H,4-5,10-13,15-17H2,(H,27,29). The molecule has 168 valence electrons. The molecular formula is C26H30N2O3S. The molecule has 0 radical (unpaired) electrons. The maximum atomic E-state index is 13.5. The predicted molar refractivity (Wildman–Crippen MR) is 125 cm³/mol. The van der Waals surface area contributed by atoms with Gasteiger partial charge in [0.25, 0.3) is 10.0 Å². The van der Waals surface area contributed by atoms with E-state index in [1.165, 1.54) is 23.6 Å². The van der Waals surface area contributed by atoms with Gasteiger partial charge < -0.3 is 5.32 Å².